The molecule has 3 nitrogen and oxygen atoms in total. The van der Waals surface area contributed by atoms with Gasteiger partial charge in [-0.1, -0.05) is 29.8 Å². The second-order valence-corrected chi connectivity index (χ2v) is 8.38. The maximum Gasteiger partial charge on any atom is 0.0605 e. The molecule has 2 aliphatic rings. The van der Waals surface area contributed by atoms with Crippen molar-refractivity contribution in [3.05, 3.63) is 52.2 Å². The van der Waals surface area contributed by atoms with Crippen LogP contribution in [0.3, 0.4) is 0 Å². The monoisotopic (exact) mass is 378 g/mol. The lowest BCUT2D eigenvalue weighted by molar-refractivity contribution is 0.0768. The highest BCUT2D eigenvalue weighted by Crippen LogP contribution is 2.43. The first-order valence-electron chi connectivity index (χ1n) is 9.02. The summed E-state index contributed by atoms with van der Waals surface area (Å²) in [5.41, 5.74) is 4.10. The molecule has 1 unspecified atom stereocenters. The van der Waals surface area contributed by atoms with E-state index in [2.05, 4.69) is 54.8 Å². The Kier molecular flexibility index (Phi) is 6.50. The SMILES string of the molecule is CC(C)OCCCNC1C2=C(CCC=C2)N(C)Sc2cc(Cl)ccc21. The van der Waals surface area contributed by atoms with Crippen LogP contribution in [0.4, 0.5) is 0 Å². The highest BCUT2D eigenvalue weighted by molar-refractivity contribution is 7.97. The van der Waals surface area contributed by atoms with Gasteiger partial charge in [0.1, 0.15) is 0 Å². The van der Waals surface area contributed by atoms with E-state index in [0.29, 0.717) is 6.10 Å². The standard InChI is InChI=1S/C20H27ClN2OS/c1-14(2)24-12-6-11-22-20-16-7-4-5-8-18(16)23(3)25-19-13-15(21)9-10-17(19)20/h4,7,9-10,13-14,20,22H,5-6,8,11-12H2,1-3H3. The molecule has 0 bridgehead atoms. The number of fused-ring (bicyclic) bond motifs is 1. The van der Waals surface area contributed by atoms with E-state index in [-0.39, 0.29) is 6.04 Å². The third kappa shape index (κ3) is 4.62. The number of ether oxygens (including phenoxy) is 1. The summed E-state index contributed by atoms with van der Waals surface area (Å²) in [6, 6.07) is 6.45. The van der Waals surface area contributed by atoms with E-state index in [1.54, 1.807) is 11.9 Å². The van der Waals surface area contributed by atoms with Crippen molar-refractivity contribution < 1.29 is 4.74 Å². The first-order valence-corrected chi connectivity index (χ1v) is 10.2. The van der Waals surface area contributed by atoms with Crippen LogP contribution in [0.25, 0.3) is 0 Å². The van der Waals surface area contributed by atoms with Gasteiger partial charge in [0.15, 0.2) is 0 Å². The molecule has 0 amide bonds. The Hall–Kier alpha value is -0.940. The molecule has 1 aromatic carbocycles. The van der Waals surface area contributed by atoms with Gasteiger partial charge in [0.25, 0.3) is 0 Å². The van der Waals surface area contributed by atoms with Crippen molar-refractivity contribution in [1.29, 1.82) is 0 Å². The molecule has 1 atom stereocenters. The number of nitrogens with zero attached hydrogens (tertiary/aromatic N) is 1. The van der Waals surface area contributed by atoms with Gasteiger partial charge in [0, 0.05) is 29.3 Å². The molecular formula is C20H27ClN2OS. The van der Waals surface area contributed by atoms with E-state index in [1.807, 2.05) is 6.07 Å². The van der Waals surface area contributed by atoms with Crippen molar-refractivity contribution in [3.63, 3.8) is 0 Å². The van der Waals surface area contributed by atoms with Crippen LogP contribution in [0.5, 0.6) is 0 Å². The molecule has 25 heavy (non-hydrogen) atoms. The molecule has 0 saturated carbocycles. The van der Waals surface area contributed by atoms with Gasteiger partial charge in [0.05, 0.1) is 12.1 Å². The largest absolute Gasteiger partial charge is 0.379 e. The second-order valence-electron chi connectivity index (χ2n) is 6.77. The van der Waals surface area contributed by atoms with E-state index in [1.165, 1.54) is 21.7 Å². The number of halogens is 1. The van der Waals surface area contributed by atoms with Gasteiger partial charge in [-0.25, -0.2) is 0 Å². The maximum atomic E-state index is 6.26. The summed E-state index contributed by atoms with van der Waals surface area (Å²) >= 11 is 8.03. The van der Waals surface area contributed by atoms with Crippen molar-refractivity contribution >= 4 is 23.5 Å². The summed E-state index contributed by atoms with van der Waals surface area (Å²) in [7, 11) is 2.16. The topological polar surface area (TPSA) is 24.5 Å². The van der Waals surface area contributed by atoms with Crippen LogP contribution in [-0.4, -0.2) is 30.6 Å². The van der Waals surface area contributed by atoms with E-state index < -0.39 is 0 Å². The van der Waals surface area contributed by atoms with Crippen LogP contribution in [0.15, 0.2) is 46.5 Å². The van der Waals surface area contributed by atoms with E-state index in [0.717, 1.165) is 37.4 Å². The van der Waals surface area contributed by atoms with Gasteiger partial charge in [-0.15, -0.1) is 0 Å². The highest BCUT2D eigenvalue weighted by Gasteiger charge is 2.28. The number of hydrogen-bond acceptors (Lipinski definition) is 4. The molecule has 1 heterocycles. The zero-order chi connectivity index (χ0) is 17.8. The van der Waals surface area contributed by atoms with Crippen molar-refractivity contribution in [1.82, 2.24) is 9.62 Å². The molecular weight excluding hydrogens is 352 g/mol. The Morgan fingerprint density at radius 3 is 3.04 bits per heavy atom. The highest BCUT2D eigenvalue weighted by atomic mass is 35.5. The van der Waals surface area contributed by atoms with Gasteiger partial charge >= 0.3 is 0 Å². The summed E-state index contributed by atoms with van der Waals surface area (Å²) < 4.78 is 7.97. The smallest absolute Gasteiger partial charge is 0.0605 e. The molecule has 1 aromatic rings. The molecule has 5 heteroatoms. The van der Waals surface area contributed by atoms with E-state index in [9.17, 15) is 0 Å². The molecule has 1 aliphatic heterocycles. The van der Waals surface area contributed by atoms with Crippen LogP contribution >= 0.6 is 23.5 Å². The fourth-order valence-electron chi connectivity index (χ4n) is 3.33. The Morgan fingerprint density at radius 1 is 1.40 bits per heavy atom. The number of allylic oxidation sites excluding steroid dienone is 2. The fourth-order valence-corrected chi connectivity index (χ4v) is 4.64. The Bertz CT molecular complexity index is 672. The van der Waals surface area contributed by atoms with Crippen LogP contribution in [0.1, 0.15) is 44.7 Å². The van der Waals surface area contributed by atoms with Crippen molar-refractivity contribution in [3.8, 4) is 0 Å². The van der Waals surface area contributed by atoms with Crippen molar-refractivity contribution in [2.45, 2.75) is 50.2 Å². The summed E-state index contributed by atoms with van der Waals surface area (Å²) in [6.07, 6.45) is 8.08. The molecule has 0 saturated heterocycles. The maximum absolute atomic E-state index is 6.26. The van der Waals surface area contributed by atoms with Gasteiger partial charge in [-0.3, -0.25) is 0 Å². The molecule has 0 radical (unpaired) electrons. The average molecular weight is 379 g/mol. The minimum absolute atomic E-state index is 0.204. The zero-order valence-electron chi connectivity index (χ0n) is 15.2. The number of nitrogens with one attached hydrogen (secondary N) is 1. The quantitative estimate of drug-likeness (QED) is 0.533. The molecule has 3 rings (SSSR count). The molecule has 0 spiro atoms. The van der Waals surface area contributed by atoms with Crippen LogP contribution in [0.2, 0.25) is 5.02 Å². The number of rotatable bonds is 6. The number of benzene rings is 1. The van der Waals surface area contributed by atoms with E-state index >= 15 is 0 Å². The molecule has 136 valence electrons. The average Bonchev–Trinajstić information content (AvgIpc) is 2.69. The fraction of sp³-hybridized carbons (Fsp3) is 0.500. The van der Waals surface area contributed by atoms with Crippen molar-refractivity contribution in [2.75, 3.05) is 20.2 Å². The molecule has 1 aliphatic carbocycles. The zero-order valence-corrected chi connectivity index (χ0v) is 16.8. The van der Waals surface area contributed by atoms with Gasteiger partial charge in [-0.2, -0.15) is 0 Å². The Balaban J connectivity index is 1.83. The molecule has 0 aromatic heterocycles. The predicted molar refractivity (Wildman–Crippen MR) is 107 cm³/mol. The normalized spacial score (nSPS) is 19.9. The summed E-state index contributed by atoms with van der Waals surface area (Å²) in [5.74, 6) is 0. The lowest BCUT2D eigenvalue weighted by Gasteiger charge is -2.26. The summed E-state index contributed by atoms with van der Waals surface area (Å²) in [5, 5.41) is 4.55. The van der Waals surface area contributed by atoms with Crippen LogP contribution in [-0.2, 0) is 4.74 Å². The lowest BCUT2D eigenvalue weighted by atomic mass is 9.92. The first kappa shape index (κ1) is 18.8. The minimum Gasteiger partial charge on any atom is -0.379 e. The van der Waals surface area contributed by atoms with Gasteiger partial charge in [-0.05, 0) is 74.9 Å². The predicted octanol–water partition coefficient (Wildman–Crippen LogP) is 5.34. The van der Waals surface area contributed by atoms with Gasteiger partial charge < -0.3 is 14.4 Å². The number of hydrogen-bond donors (Lipinski definition) is 1. The van der Waals surface area contributed by atoms with Crippen LogP contribution < -0.4 is 5.32 Å². The first-order chi connectivity index (χ1) is 12.1. The minimum atomic E-state index is 0.204. The summed E-state index contributed by atoms with van der Waals surface area (Å²) in [6.45, 7) is 5.88. The second kappa shape index (κ2) is 8.63. The molecule has 1 N–H and O–H groups in total. The van der Waals surface area contributed by atoms with Gasteiger partial charge in [0.2, 0.25) is 0 Å². The van der Waals surface area contributed by atoms with Crippen LogP contribution in [0, 0.1) is 0 Å². The molecule has 0 fully saturated rings. The third-order valence-electron chi connectivity index (χ3n) is 4.51. The Labute approximate surface area is 160 Å². The third-order valence-corrected chi connectivity index (χ3v) is 5.79. The Morgan fingerprint density at radius 2 is 2.24 bits per heavy atom. The van der Waals surface area contributed by atoms with Crippen molar-refractivity contribution in [2.24, 2.45) is 0 Å². The van der Waals surface area contributed by atoms with E-state index in [4.69, 9.17) is 16.3 Å². The summed E-state index contributed by atoms with van der Waals surface area (Å²) in [4.78, 5) is 1.23. The lowest BCUT2D eigenvalue weighted by Crippen LogP contribution is -2.26.